The Morgan fingerprint density at radius 1 is 1.07 bits per heavy atom. The molecule has 0 saturated carbocycles. The molecule has 4 nitrogen and oxygen atoms in total. The second-order valence-corrected chi connectivity index (χ2v) is 9.72. The molecule has 2 aromatic carbocycles. The van der Waals surface area contributed by atoms with E-state index in [0.29, 0.717) is 0 Å². The lowest BCUT2D eigenvalue weighted by Crippen LogP contribution is -2.47. The summed E-state index contributed by atoms with van der Waals surface area (Å²) in [5.41, 5.74) is -1.48. The molecule has 0 spiro atoms. The molecule has 158 valence electrons. The minimum atomic E-state index is -4.50. The Kier molecular flexibility index (Phi) is 5.98. The van der Waals surface area contributed by atoms with Crippen molar-refractivity contribution in [2.45, 2.75) is 28.3 Å². The van der Waals surface area contributed by atoms with Crippen LogP contribution in [0.1, 0.15) is 29.8 Å². The highest BCUT2D eigenvalue weighted by Crippen LogP contribution is 2.56. The fraction of sp³-hybridized carbons (Fsp3) is 0.333. The van der Waals surface area contributed by atoms with E-state index >= 15 is 0 Å². The van der Waals surface area contributed by atoms with Crippen molar-refractivity contribution in [3.05, 3.63) is 64.5 Å². The second-order valence-electron chi connectivity index (χ2n) is 6.44. The van der Waals surface area contributed by atoms with Crippen LogP contribution in [0.5, 0.6) is 0 Å². The molecular weight excluding hydrogens is 534 g/mol. The zero-order valence-electron chi connectivity index (χ0n) is 14.7. The van der Waals surface area contributed by atoms with Crippen LogP contribution in [0.4, 0.5) is 22.0 Å². The van der Waals surface area contributed by atoms with Crippen molar-refractivity contribution in [2.24, 2.45) is 0 Å². The number of fused-ring (bicyclic) bond motifs is 1. The third-order valence-electron chi connectivity index (χ3n) is 5.14. The van der Waals surface area contributed by atoms with E-state index < -0.39 is 61.4 Å². The van der Waals surface area contributed by atoms with Gasteiger partial charge in [0.2, 0.25) is 5.82 Å². The van der Waals surface area contributed by atoms with E-state index in [1.165, 1.54) is 24.3 Å². The SMILES string of the molecule is COC(c1c(F)c(F)c(F)c(F)c1F)C1(CCI)C(O)c2ccccc2S1(=O)=O. The third kappa shape index (κ3) is 2.92. The molecule has 1 N–H and O–H groups in total. The van der Waals surface area contributed by atoms with Gasteiger partial charge in [-0.1, -0.05) is 40.8 Å². The maximum atomic E-state index is 14.5. The largest absolute Gasteiger partial charge is 0.387 e. The van der Waals surface area contributed by atoms with Crippen molar-refractivity contribution < 1.29 is 40.2 Å². The molecule has 11 heteroatoms. The molecule has 0 fully saturated rings. The molecule has 0 amide bonds. The standard InChI is InChI=1S/C18H14F5IO4S/c1-28-17(10-11(19)13(21)15(23)14(22)12(10)20)18(6-7-24)16(25)8-4-2-3-5-9(8)29(18,26)27/h2-5,16-17,25H,6-7H2,1H3. The molecule has 1 aliphatic rings. The first-order valence-electron chi connectivity index (χ1n) is 8.19. The summed E-state index contributed by atoms with van der Waals surface area (Å²) in [6, 6.07) is 5.37. The molecule has 1 aliphatic heterocycles. The Bertz CT molecular complexity index is 1050. The first kappa shape index (κ1) is 22.4. The normalized spacial score (nSPS) is 23.8. The summed E-state index contributed by atoms with van der Waals surface area (Å²) < 4.78 is 99.7. The van der Waals surface area contributed by atoms with E-state index in [-0.39, 0.29) is 21.3 Å². The smallest absolute Gasteiger partial charge is 0.200 e. The number of benzene rings is 2. The van der Waals surface area contributed by atoms with E-state index in [1.54, 1.807) is 22.6 Å². The molecule has 0 aliphatic carbocycles. The molecular formula is C18H14F5IO4S. The summed E-state index contributed by atoms with van der Waals surface area (Å²) in [4.78, 5) is -0.289. The van der Waals surface area contributed by atoms with Gasteiger partial charge in [0.05, 0.1) is 10.5 Å². The number of alkyl halides is 1. The Hall–Kier alpha value is -1.31. The lowest BCUT2D eigenvalue weighted by atomic mass is 9.84. The first-order valence-corrected chi connectivity index (χ1v) is 11.2. The molecule has 0 saturated heterocycles. The minimum Gasteiger partial charge on any atom is -0.387 e. The fourth-order valence-electron chi connectivity index (χ4n) is 3.81. The summed E-state index contributed by atoms with van der Waals surface area (Å²) in [7, 11) is -3.62. The van der Waals surface area contributed by atoms with E-state index in [0.717, 1.165) is 7.11 Å². The molecule has 0 radical (unpaired) electrons. The highest BCUT2D eigenvalue weighted by molar-refractivity contribution is 14.1. The predicted molar refractivity (Wildman–Crippen MR) is 101 cm³/mol. The van der Waals surface area contributed by atoms with Gasteiger partial charge in [-0.15, -0.1) is 0 Å². The van der Waals surface area contributed by atoms with Gasteiger partial charge in [-0.25, -0.2) is 30.4 Å². The lowest BCUT2D eigenvalue weighted by Gasteiger charge is -2.38. The van der Waals surface area contributed by atoms with E-state index in [4.69, 9.17) is 4.74 Å². The molecule has 0 bridgehead atoms. The summed E-state index contributed by atoms with van der Waals surface area (Å²) in [5.74, 6) is -11.3. The third-order valence-corrected chi connectivity index (χ3v) is 8.27. The Morgan fingerprint density at radius 3 is 2.07 bits per heavy atom. The van der Waals surface area contributed by atoms with Crippen LogP contribution in [0.25, 0.3) is 0 Å². The molecule has 1 heterocycles. The van der Waals surface area contributed by atoms with Gasteiger partial charge in [-0.05, 0) is 12.5 Å². The summed E-state index contributed by atoms with van der Waals surface area (Å²) in [6.45, 7) is 0. The van der Waals surface area contributed by atoms with E-state index in [2.05, 4.69) is 0 Å². The molecule has 29 heavy (non-hydrogen) atoms. The molecule has 2 aromatic rings. The van der Waals surface area contributed by atoms with Crippen LogP contribution in [0.15, 0.2) is 29.2 Å². The van der Waals surface area contributed by atoms with Crippen molar-refractivity contribution >= 4 is 32.4 Å². The monoisotopic (exact) mass is 548 g/mol. The topological polar surface area (TPSA) is 63.6 Å². The van der Waals surface area contributed by atoms with Crippen LogP contribution in [-0.2, 0) is 14.6 Å². The quantitative estimate of drug-likeness (QED) is 0.201. The Balaban J connectivity index is 2.39. The predicted octanol–water partition coefficient (Wildman–Crippen LogP) is 4.15. The summed E-state index contributed by atoms with van der Waals surface area (Å²) in [6.07, 6.45) is -4.36. The fourth-order valence-corrected chi connectivity index (χ4v) is 7.52. The van der Waals surface area contributed by atoms with Gasteiger partial charge in [-0.3, -0.25) is 0 Å². The van der Waals surface area contributed by atoms with Crippen molar-refractivity contribution in [3.8, 4) is 0 Å². The van der Waals surface area contributed by atoms with Gasteiger partial charge < -0.3 is 9.84 Å². The molecule has 0 aromatic heterocycles. The zero-order chi connectivity index (χ0) is 21.7. The number of aliphatic hydroxyl groups excluding tert-OH is 1. The first-order chi connectivity index (χ1) is 13.6. The maximum absolute atomic E-state index is 14.5. The van der Waals surface area contributed by atoms with Gasteiger partial charge in [0.25, 0.3) is 0 Å². The second kappa shape index (κ2) is 7.75. The highest BCUT2D eigenvalue weighted by atomic mass is 127. The van der Waals surface area contributed by atoms with Gasteiger partial charge in [0.1, 0.15) is 17.0 Å². The average Bonchev–Trinajstić information content (AvgIpc) is 2.87. The van der Waals surface area contributed by atoms with Gasteiger partial charge >= 0.3 is 0 Å². The van der Waals surface area contributed by atoms with Gasteiger partial charge in [0.15, 0.2) is 33.1 Å². The number of rotatable bonds is 5. The van der Waals surface area contributed by atoms with Crippen LogP contribution < -0.4 is 0 Å². The van der Waals surface area contributed by atoms with E-state index in [1.807, 2.05) is 0 Å². The number of hydrogen-bond donors (Lipinski definition) is 1. The molecule has 3 unspecified atom stereocenters. The lowest BCUT2D eigenvalue weighted by molar-refractivity contribution is -0.00239. The Labute approximate surface area is 176 Å². The number of hydrogen-bond acceptors (Lipinski definition) is 4. The summed E-state index contributed by atoms with van der Waals surface area (Å²) >= 11 is 1.79. The van der Waals surface area contributed by atoms with E-state index in [9.17, 15) is 35.5 Å². The van der Waals surface area contributed by atoms with Crippen molar-refractivity contribution in [1.82, 2.24) is 0 Å². The number of sulfone groups is 1. The van der Waals surface area contributed by atoms with Gasteiger partial charge in [0, 0.05) is 17.1 Å². The number of aliphatic hydroxyl groups is 1. The van der Waals surface area contributed by atoms with Crippen molar-refractivity contribution in [2.75, 3.05) is 11.5 Å². The van der Waals surface area contributed by atoms with Crippen LogP contribution in [0, 0.1) is 29.1 Å². The average molecular weight is 548 g/mol. The molecule has 3 atom stereocenters. The maximum Gasteiger partial charge on any atom is 0.200 e. The van der Waals surface area contributed by atoms with Gasteiger partial charge in [-0.2, -0.15) is 0 Å². The van der Waals surface area contributed by atoms with Crippen LogP contribution in [0.3, 0.4) is 0 Å². The molecule has 3 rings (SSSR count). The Morgan fingerprint density at radius 2 is 1.59 bits per heavy atom. The number of methoxy groups -OCH3 is 1. The summed E-state index contributed by atoms with van der Waals surface area (Å²) in [5, 5.41) is 10.9. The van der Waals surface area contributed by atoms with Crippen molar-refractivity contribution in [1.29, 1.82) is 0 Å². The minimum absolute atomic E-state index is 0.0386. The van der Waals surface area contributed by atoms with Crippen molar-refractivity contribution in [3.63, 3.8) is 0 Å². The van der Waals surface area contributed by atoms with Crippen LogP contribution >= 0.6 is 22.6 Å². The number of halogens is 6. The highest BCUT2D eigenvalue weighted by Gasteiger charge is 2.63. The zero-order valence-corrected chi connectivity index (χ0v) is 17.7. The van der Waals surface area contributed by atoms with Crippen LogP contribution in [0.2, 0.25) is 0 Å². The van der Waals surface area contributed by atoms with Crippen LogP contribution in [-0.4, -0.2) is 29.8 Å². The number of ether oxygens (including phenoxy) is 1.